The molecule has 3 aromatic carbocycles. The van der Waals surface area contributed by atoms with Crippen LogP contribution in [-0.2, 0) is 13.1 Å². The lowest BCUT2D eigenvalue weighted by atomic mass is 10.0. The smallest absolute Gasteiger partial charge is 0.254 e. The van der Waals surface area contributed by atoms with Crippen molar-refractivity contribution < 1.29 is 9.53 Å². The van der Waals surface area contributed by atoms with Gasteiger partial charge in [0.05, 0.1) is 18.7 Å². The molecule has 0 unspecified atom stereocenters. The third-order valence-electron chi connectivity index (χ3n) is 5.87. The molecule has 6 heteroatoms. The predicted molar refractivity (Wildman–Crippen MR) is 137 cm³/mol. The van der Waals surface area contributed by atoms with E-state index in [1.807, 2.05) is 51.1 Å². The Hall–Kier alpha value is -3.57. The van der Waals surface area contributed by atoms with Gasteiger partial charge in [-0.15, -0.1) is 0 Å². The quantitative estimate of drug-likeness (QED) is 0.355. The van der Waals surface area contributed by atoms with Gasteiger partial charge in [-0.2, -0.15) is 0 Å². The molecule has 1 aromatic heterocycles. The van der Waals surface area contributed by atoms with E-state index in [4.69, 9.17) is 16.3 Å². The van der Waals surface area contributed by atoms with Gasteiger partial charge in [-0.25, -0.2) is 0 Å². The number of aromatic amines is 1. The first-order valence-electron chi connectivity index (χ1n) is 11.2. The molecule has 1 heterocycles. The number of hydrogen-bond acceptors (Lipinski definition) is 3. The van der Waals surface area contributed by atoms with Crippen LogP contribution in [0.4, 0.5) is 0 Å². The Morgan fingerprint density at radius 2 is 1.62 bits per heavy atom. The summed E-state index contributed by atoms with van der Waals surface area (Å²) in [4.78, 5) is 31.2. The van der Waals surface area contributed by atoms with Gasteiger partial charge in [-0.1, -0.05) is 35.9 Å². The van der Waals surface area contributed by atoms with E-state index in [9.17, 15) is 9.59 Å². The van der Waals surface area contributed by atoms with Crippen molar-refractivity contribution in [3.63, 3.8) is 0 Å². The van der Waals surface area contributed by atoms with Crippen molar-refractivity contribution in [3.05, 3.63) is 110 Å². The highest BCUT2D eigenvalue weighted by Crippen LogP contribution is 2.22. The number of amides is 1. The Balaban J connectivity index is 1.71. The second kappa shape index (κ2) is 10.1. The summed E-state index contributed by atoms with van der Waals surface area (Å²) >= 11 is 6.04. The SMILES string of the molecule is CCOc1ccc(C(=O)N(Cc2ccc(Cl)cc2)Cc2cc3c(C)ccc(C)c3[nH]c2=O)cc1. The van der Waals surface area contributed by atoms with Gasteiger partial charge in [0.1, 0.15) is 5.75 Å². The van der Waals surface area contributed by atoms with Crippen LogP contribution in [0, 0.1) is 13.8 Å². The first-order chi connectivity index (χ1) is 16.4. The van der Waals surface area contributed by atoms with Gasteiger partial charge in [-0.05, 0) is 79.9 Å². The Labute approximate surface area is 204 Å². The highest BCUT2D eigenvalue weighted by atomic mass is 35.5. The Morgan fingerprint density at radius 3 is 2.29 bits per heavy atom. The third kappa shape index (κ3) is 5.15. The number of nitrogens with one attached hydrogen (secondary N) is 1. The van der Waals surface area contributed by atoms with Crippen LogP contribution in [-0.4, -0.2) is 22.4 Å². The molecule has 0 bridgehead atoms. The monoisotopic (exact) mass is 474 g/mol. The number of halogens is 1. The summed E-state index contributed by atoms with van der Waals surface area (Å²) in [5, 5.41) is 1.61. The first kappa shape index (κ1) is 23.6. The first-order valence-corrected chi connectivity index (χ1v) is 11.6. The van der Waals surface area contributed by atoms with E-state index in [1.54, 1.807) is 41.3 Å². The normalized spacial score (nSPS) is 10.9. The molecular formula is C28H27ClN2O3. The summed E-state index contributed by atoms with van der Waals surface area (Å²) in [5.41, 5.74) is 4.70. The largest absolute Gasteiger partial charge is 0.494 e. The molecule has 0 atom stereocenters. The molecular weight excluding hydrogens is 448 g/mol. The molecule has 34 heavy (non-hydrogen) atoms. The molecule has 0 saturated carbocycles. The molecule has 0 aliphatic heterocycles. The minimum Gasteiger partial charge on any atom is -0.494 e. The number of nitrogens with zero attached hydrogens (tertiary/aromatic N) is 1. The van der Waals surface area contributed by atoms with E-state index in [0.29, 0.717) is 35.1 Å². The number of benzene rings is 3. The maximum atomic E-state index is 13.5. The molecule has 4 rings (SSSR count). The van der Waals surface area contributed by atoms with Crippen LogP contribution in [0.2, 0.25) is 5.02 Å². The lowest BCUT2D eigenvalue weighted by molar-refractivity contribution is 0.0729. The lowest BCUT2D eigenvalue weighted by Gasteiger charge is -2.23. The minimum absolute atomic E-state index is 0.168. The molecule has 0 radical (unpaired) electrons. The van der Waals surface area contributed by atoms with Gasteiger partial charge in [0.25, 0.3) is 11.5 Å². The van der Waals surface area contributed by atoms with Gasteiger partial charge >= 0.3 is 0 Å². The molecule has 4 aromatic rings. The number of pyridine rings is 1. The van der Waals surface area contributed by atoms with Crippen molar-refractivity contribution in [2.45, 2.75) is 33.9 Å². The van der Waals surface area contributed by atoms with Gasteiger partial charge in [0, 0.05) is 28.1 Å². The number of fused-ring (bicyclic) bond motifs is 1. The third-order valence-corrected chi connectivity index (χ3v) is 6.12. The maximum Gasteiger partial charge on any atom is 0.254 e. The highest BCUT2D eigenvalue weighted by molar-refractivity contribution is 6.30. The summed E-state index contributed by atoms with van der Waals surface area (Å²) in [6, 6.07) is 20.4. The molecule has 174 valence electrons. The number of aromatic nitrogens is 1. The van der Waals surface area contributed by atoms with Crippen LogP contribution in [0.1, 0.15) is 39.5 Å². The summed E-state index contributed by atoms with van der Waals surface area (Å²) < 4.78 is 5.50. The fraction of sp³-hybridized carbons (Fsp3) is 0.214. The van der Waals surface area contributed by atoms with Crippen molar-refractivity contribution in [3.8, 4) is 5.75 Å². The van der Waals surface area contributed by atoms with E-state index >= 15 is 0 Å². The fourth-order valence-electron chi connectivity index (χ4n) is 3.99. The molecule has 5 nitrogen and oxygen atoms in total. The van der Waals surface area contributed by atoms with E-state index in [1.165, 1.54) is 0 Å². The zero-order valence-corrected chi connectivity index (χ0v) is 20.3. The minimum atomic E-state index is -0.193. The van der Waals surface area contributed by atoms with Gasteiger partial charge in [0.15, 0.2) is 0 Å². The lowest BCUT2D eigenvalue weighted by Crippen LogP contribution is -2.32. The average Bonchev–Trinajstić information content (AvgIpc) is 2.83. The van der Waals surface area contributed by atoms with Gasteiger partial charge < -0.3 is 14.6 Å². The topological polar surface area (TPSA) is 62.4 Å². The zero-order chi connectivity index (χ0) is 24.2. The summed E-state index contributed by atoms with van der Waals surface area (Å²) in [7, 11) is 0. The molecule has 0 spiro atoms. The number of hydrogen-bond donors (Lipinski definition) is 1. The van der Waals surface area contributed by atoms with E-state index in [2.05, 4.69) is 4.98 Å². The molecule has 0 aliphatic rings. The van der Waals surface area contributed by atoms with Crippen LogP contribution >= 0.6 is 11.6 Å². The van der Waals surface area contributed by atoms with Crippen LogP contribution in [0.15, 0.2) is 71.5 Å². The number of H-pyrrole nitrogens is 1. The van der Waals surface area contributed by atoms with E-state index in [0.717, 1.165) is 27.6 Å². The molecule has 1 N–H and O–H groups in total. The summed E-state index contributed by atoms with van der Waals surface area (Å²) in [5.74, 6) is 0.540. The number of carbonyl (C=O) groups is 1. The van der Waals surface area contributed by atoms with Crippen LogP contribution < -0.4 is 10.3 Å². The van der Waals surface area contributed by atoms with Crippen molar-refractivity contribution in [1.82, 2.24) is 9.88 Å². The second-order valence-electron chi connectivity index (χ2n) is 8.36. The Kier molecular flexibility index (Phi) is 7.03. The van der Waals surface area contributed by atoms with Crippen LogP contribution in [0.5, 0.6) is 5.75 Å². The van der Waals surface area contributed by atoms with Crippen LogP contribution in [0.3, 0.4) is 0 Å². The maximum absolute atomic E-state index is 13.5. The summed E-state index contributed by atoms with van der Waals surface area (Å²) in [6.45, 7) is 6.97. The van der Waals surface area contributed by atoms with E-state index in [-0.39, 0.29) is 18.0 Å². The fourth-order valence-corrected chi connectivity index (χ4v) is 4.12. The standard InChI is InChI=1S/C28H27ClN2O3/c1-4-34-24-13-9-21(10-14-24)28(33)31(16-20-7-11-23(29)12-8-20)17-22-15-25-18(2)5-6-19(3)26(25)30-27(22)32/h5-15H,4,16-17H2,1-3H3,(H,30,32). The Morgan fingerprint density at radius 1 is 0.941 bits per heavy atom. The number of ether oxygens (including phenoxy) is 1. The predicted octanol–water partition coefficient (Wildman–Crippen LogP) is 6.04. The van der Waals surface area contributed by atoms with Crippen molar-refractivity contribution in [1.29, 1.82) is 0 Å². The van der Waals surface area contributed by atoms with Gasteiger partial charge in [0.2, 0.25) is 0 Å². The second-order valence-corrected chi connectivity index (χ2v) is 8.79. The highest BCUT2D eigenvalue weighted by Gasteiger charge is 2.19. The number of rotatable bonds is 7. The van der Waals surface area contributed by atoms with Crippen molar-refractivity contribution >= 4 is 28.4 Å². The van der Waals surface area contributed by atoms with Crippen molar-refractivity contribution in [2.24, 2.45) is 0 Å². The van der Waals surface area contributed by atoms with Gasteiger partial charge in [-0.3, -0.25) is 9.59 Å². The number of aryl methyl sites for hydroxylation is 2. The molecule has 1 amide bonds. The Bertz CT molecular complexity index is 1380. The average molecular weight is 475 g/mol. The van der Waals surface area contributed by atoms with Crippen molar-refractivity contribution in [2.75, 3.05) is 6.61 Å². The summed E-state index contributed by atoms with van der Waals surface area (Å²) in [6.07, 6.45) is 0. The number of carbonyl (C=O) groups excluding carboxylic acids is 1. The molecule has 0 aliphatic carbocycles. The molecule has 0 fully saturated rings. The zero-order valence-electron chi connectivity index (χ0n) is 19.5. The van der Waals surface area contributed by atoms with E-state index < -0.39 is 0 Å². The van der Waals surface area contributed by atoms with Crippen LogP contribution in [0.25, 0.3) is 10.9 Å². The molecule has 0 saturated heterocycles.